The lowest BCUT2D eigenvalue weighted by atomic mass is 10.1. The Morgan fingerprint density at radius 3 is 2.65 bits per heavy atom. The van der Waals surface area contributed by atoms with Crippen LogP contribution in [-0.2, 0) is 0 Å². The van der Waals surface area contributed by atoms with Gasteiger partial charge in [-0.25, -0.2) is 4.57 Å². The minimum Gasteiger partial charge on any atom is -0.497 e. The van der Waals surface area contributed by atoms with Crippen LogP contribution >= 0.6 is 11.8 Å². The van der Waals surface area contributed by atoms with Crippen LogP contribution in [0.25, 0.3) is 22.4 Å². The number of aromatic nitrogens is 4. The monoisotopic (exact) mass is 470 g/mol. The van der Waals surface area contributed by atoms with Gasteiger partial charge in [0, 0.05) is 5.56 Å². The van der Waals surface area contributed by atoms with E-state index in [-0.39, 0.29) is 17.1 Å². The molecule has 0 aliphatic rings. The minimum absolute atomic E-state index is 0.0483. The zero-order valence-corrected chi connectivity index (χ0v) is 19.8. The fourth-order valence-corrected chi connectivity index (χ4v) is 4.79. The van der Waals surface area contributed by atoms with Gasteiger partial charge in [-0.05, 0) is 55.3 Å². The highest BCUT2D eigenvalue weighted by Gasteiger charge is 2.20. The third kappa shape index (κ3) is 3.76. The number of methoxy groups -OCH3 is 1. The van der Waals surface area contributed by atoms with Gasteiger partial charge in [-0.15, -0.1) is 10.2 Å². The van der Waals surface area contributed by atoms with Crippen LogP contribution in [0.3, 0.4) is 0 Å². The van der Waals surface area contributed by atoms with Crippen LogP contribution in [0, 0.1) is 13.8 Å². The molecule has 170 valence electrons. The van der Waals surface area contributed by atoms with Crippen LogP contribution in [0.4, 0.5) is 0 Å². The Hall–Kier alpha value is -3.91. The first-order chi connectivity index (χ1) is 16.5. The van der Waals surface area contributed by atoms with Crippen LogP contribution in [-0.4, -0.2) is 37.8 Å². The number of hydrogen-bond acceptors (Lipinski definition) is 6. The van der Waals surface area contributed by atoms with Crippen molar-refractivity contribution in [2.75, 3.05) is 12.9 Å². The molecule has 0 N–H and O–H groups in total. The molecule has 0 bridgehead atoms. The van der Waals surface area contributed by atoms with E-state index in [0.29, 0.717) is 33.1 Å². The summed E-state index contributed by atoms with van der Waals surface area (Å²) in [5.74, 6) is 1.17. The second kappa shape index (κ2) is 8.79. The van der Waals surface area contributed by atoms with E-state index in [1.807, 2.05) is 54.6 Å². The number of aryl methyl sites for hydroxylation is 2. The first-order valence-electron chi connectivity index (χ1n) is 10.7. The Kier molecular flexibility index (Phi) is 5.67. The Labute approximate surface area is 200 Å². The summed E-state index contributed by atoms with van der Waals surface area (Å²) in [6.45, 7) is 3.95. The molecule has 0 atom stereocenters. The van der Waals surface area contributed by atoms with E-state index in [4.69, 9.17) is 4.74 Å². The Bertz CT molecular complexity index is 1620. The number of benzene rings is 3. The largest absolute Gasteiger partial charge is 0.497 e. The minimum atomic E-state index is -0.159. The van der Waals surface area contributed by atoms with Crippen molar-refractivity contribution in [3.63, 3.8) is 0 Å². The van der Waals surface area contributed by atoms with Gasteiger partial charge in [-0.3, -0.25) is 14.0 Å². The van der Waals surface area contributed by atoms with Crippen LogP contribution in [0.1, 0.15) is 21.5 Å². The highest BCUT2D eigenvalue weighted by Crippen LogP contribution is 2.25. The maximum Gasteiger partial charge on any atom is 0.267 e. The number of fused-ring (bicyclic) bond motifs is 3. The number of hydrogen-bond donors (Lipinski definition) is 0. The zero-order chi connectivity index (χ0) is 23.8. The van der Waals surface area contributed by atoms with Crippen LogP contribution < -0.4 is 10.3 Å². The van der Waals surface area contributed by atoms with Crippen molar-refractivity contribution in [2.45, 2.75) is 19.0 Å². The highest BCUT2D eigenvalue weighted by atomic mass is 32.2. The molecule has 0 amide bonds. The number of ether oxygens (including phenoxy) is 1. The summed E-state index contributed by atoms with van der Waals surface area (Å²) in [5.41, 5.74) is 3.86. The lowest BCUT2D eigenvalue weighted by Gasteiger charge is -2.14. The molecule has 0 fully saturated rings. The van der Waals surface area contributed by atoms with Crippen LogP contribution in [0.2, 0.25) is 0 Å². The van der Waals surface area contributed by atoms with Crippen molar-refractivity contribution in [3.05, 3.63) is 93.8 Å². The molecule has 0 aliphatic carbocycles. The maximum atomic E-state index is 13.5. The predicted molar refractivity (Wildman–Crippen MR) is 134 cm³/mol. The SMILES string of the molecule is COc1cccc(C(=O)CSc2nnc3n(-c4cc(C)ccc4C)c(=O)c4ccccc4n23)c1. The summed E-state index contributed by atoms with van der Waals surface area (Å²) in [6, 6.07) is 20.4. The summed E-state index contributed by atoms with van der Waals surface area (Å²) in [4.78, 5) is 26.4. The van der Waals surface area contributed by atoms with Gasteiger partial charge < -0.3 is 4.74 Å². The molecule has 2 aromatic heterocycles. The van der Waals surface area contributed by atoms with Gasteiger partial charge in [0.1, 0.15) is 5.75 Å². The van der Waals surface area contributed by atoms with Gasteiger partial charge in [0.15, 0.2) is 10.9 Å². The predicted octanol–water partition coefficient (Wildman–Crippen LogP) is 4.63. The van der Waals surface area contributed by atoms with Crippen molar-refractivity contribution < 1.29 is 9.53 Å². The molecule has 3 aromatic carbocycles. The number of para-hydroxylation sites is 1. The Morgan fingerprint density at radius 2 is 1.82 bits per heavy atom. The average molecular weight is 471 g/mol. The van der Waals surface area contributed by atoms with E-state index < -0.39 is 0 Å². The Morgan fingerprint density at radius 1 is 1.00 bits per heavy atom. The van der Waals surface area contributed by atoms with E-state index in [1.54, 1.807) is 42.0 Å². The number of Topliss-reactive ketones (excluding diaryl/α,β-unsaturated/α-hetero) is 1. The van der Waals surface area contributed by atoms with E-state index in [9.17, 15) is 9.59 Å². The molecular formula is C26H22N4O3S. The molecular weight excluding hydrogens is 448 g/mol. The molecule has 7 nitrogen and oxygen atoms in total. The molecule has 34 heavy (non-hydrogen) atoms. The quantitative estimate of drug-likeness (QED) is 0.266. The van der Waals surface area contributed by atoms with E-state index in [1.165, 1.54) is 11.8 Å². The molecule has 0 radical (unpaired) electrons. The van der Waals surface area contributed by atoms with Crippen molar-refractivity contribution >= 4 is 34.2 Å². The molecule has 0 aliphatic heterocycles. The first kappa shape index (κ1) is 21.9. The number of carbonyl (C=O) groups is 1. The topological polar surface area (TPSA) is 78.5 Å². The second-order valence-electron chi connectivity index (χ2n) is 8.01. The lowest BCUT2D eigenvalue weighted by Crippen LogP contribution is -2.22. The normalized spacial score (nSPS) is 11.3. The summed E-state index contributed by atoms with van der Waals surface area (Å²) >= 11 is 1.29. The van der Waals surface area contributed by atoms with Crippen molar-refractivity contribution in [2.24, 2.45) is 0 Å². The third-order valence-electron chi connectivity index (χ3n) is 5.72. The van der Waals surface area contributed by atoms with Gasteiger partial charge in [-0.2, -0.15) is 0 Å². The summed E-state index contributed by atoms with van der Waals surface area (Å²) < 4.78 is 8.68. The van der Waals surface area contributed by atoms with E-state index in [2.05, 4.69) is 10.2 Å². The zero-order valence-electron chi connectivity index (χ0n) is 19.0. The Balaban J connectivity index is 1.64. The fourth-order valence-electron chi connectivity index (χ4n) is 3.96. The second-order valence-corrected chi connectivity index (χ2v) is 8.95. The highest BCUT2D eigenvalue weighted by molar-refractivity contribution is 7.99. The van der Waals surface area contributed by atoms with Gasteiger partial charge in [0.05, 0.1) is 29.5 Å². The smallest absolute Gasteiger partial charge is 0.267 e. The number of rotatable bonds is 6. The molecule has 5 rings (SSSR count). The van der Waals surface area contributed by atoms with Crippen molar-refractivity contribution in [1.82, 2.24) is 19.2 Å². The summed E-state index contributed by atoms with van der Waals surface area (Å²) in [7, 11) is 1.57. The van der Waals surface area contributed by atoms with E-state index >= 15 is 0 Å². The third-order valence-corrected chi connectivity index (χ3v) is 6.65. The standard InChI is InChI=1S/C26H22N4O3S/c1-16-11-12-17(2)22(13-16)29-24(32)20-9-4-5-10-21(20)30-25(29)27-28-26(30)34-15-23(31)18-7-6-8-19(14-18)33-3/h4-14H,15H2,1-3H3. The number of carbonyl (C=O) groups excluding carboxylic acids is 1. The van der Waals surface area contributed by atoms with E-state index in [0.717, 1.165) is 16.8 Å². The molecule has 2 heterocycles. The van der Waals surface area contributed by atoms with Crippen molar-refractivity contribution in [1.29, 1.82) is 0 Å². The molecule has 5 aromatic rings. The lowest BCUT2D eigenvalue weighted by molar-refractivity contribution is 0.102. The van der Waals surface area contributed by atoms with Crippen LogP contribution in [0.5, 0.6) is 5.75 Å². The van der Waals surface area contributed by atoms with Gasteiger partial charge in [0.25, 0.3) is 5.56 Å². The average Bonchev–Trinajstić information content (AvgIpc) is 3.28. The van der Waals surface area contributed by atoms with Crippen molar-refractivity contribution in [3.8, 4) is 11.4 Å². The molecule has 0 saturated carbocycles. The summed E-state index contributed by atoms with van der Waals surface area (Å²) in [6.07, 6.45) is 0. The molecule has 0 spiro atoms. The summed E-state index contributed by atoms with van der Waals surface area (Å²) in [5, 5.41) is 9.84. The fraction of sp³-hybridized carbons (Fsp3) is 0.154. The first-order valence-corrected chi connectivity index (χ1v) is 11.7. The molecule has 0 saturated heterocycles. The number of nitrogens with zero attached hydrogens (tertiary/aromatic N) is 4. The molecule has 0 unspecified atom stereocenters. The van der Waals surface area contributed by atoms with Crippen LogP contribution in [0.15, 0.2) is 76.7 Å². The number of thioether (sulfide) groups is 1. The van der Waals surface area contributed by atoms with Gasteiger partial charge in [-0.1, -0.05) is 48.2 Å². The van der Waals surface area contributed by atoms with Gasteiger partial charge in [0.2, 0.25) is 5.78 Å². The molecule has 8 heteroatoms. The maximum absolute atomic E-state index is 13.5. The number of ketones is 1. The van der Waals surface area contributed by atoms with Gasteiger partial charge >= 0.3 is 0 Å².